The fraction of sp³-hybridized carbons (Fsp3) is 0.769. The van der Waals surface area contributed by atoms with E-state index in [1.165, 1.54) is 11.3 Å². The molecule has 0 fully saturated rings. The number of aromatic nitrogens is 2. The summed E-state index contributed by atoms with van der Waals surface area (Å²) in [4.78, 5) is 0. The van der Waals surface area contributed by atoms with Gasteiger partial charge in [0.05, 0.1) is 11.1 Å². The number of halogens is 1. The minimum atomic E-state index is 0.0793. The summed E-state index contributed by atoms with van der Waals surface area (Å²) >= 11 is 6.32. The first-order valence-electron chi connectivity index (χ1n) is 6.37. The number of ether oxygens (including phenoxy) is 1. The van der Waals surface area contributed by atoms with Crippen LogP contribution in [-0.4, -0.2) is 23.0 Å². The molecule has 0 aliphatic carbocycles. The van der Waals surface area contributed by atoms with E-state index in [2.05, 4.69) is 23.6 Å². The minimum Gasteiger partial charge on any atom is -0.382 e. The summed E-state index contributed by atoms with van der Waals surface area (Å²) in [6.07, 6.45) is 1.93. The summed E-state index contributed by atoms with van der Waals surface area (Å²) in [6.45, 7) is 10.7. The highest BCUT2D eigenvalue weighted by atomic mass is 35.5. The first kappa shape index (κ1) is 14.5. The highest BCUT2D eigenvalue weighted by molar-refractivity contribution is 6.20. The SMILES string of the molecule is CCOCCCn1nc(C)c(C(Cl)CC)c1C. The van der Waals surface area contributed by atoms with Crippen LogP contribution < -0.4 is 0 Å². The van der Waals surface area contributed by atoms with E-state index in [4.69, 9.17) is 16.3 Å². The molecule has 17 heavy (non-hydrogen) atoms. The van der Waals surface area contributed by atoms with E-state index < -0.39 is 0 Å². The second-order valence-electron chi connectivity index (χ2n) is 4.23. The zero-order valence-corrected chi connectivity index (χ0v) is 12.0. The predicted molar refractivity (Wildman–Crippen MR) is 71.7 cm³/mol. The highest BCUT2D eigenvalue weighted by Crippen LogP contribution is 2.29. The molecule has 0 N–H and O–H groups in total. The van der Waals surface area contributed by atoms with Gasteiger partial charge >= 0.3 is 0 Å². The van der Waals surface area contributed by atoms with Crippen molar-refractivity contribution in [3.63, 3.8) is 0 Å². The molecule has 1 heterocycles. The standard InChI is InChI=1S/C13H23ClN2O/c1-5-12(14)13-10(3)15-16(11(13)4)8-7-9-17-6-2/h12H,5-9H2,1-4H3. The fourth-order valence-electron chi connectivity index (χ4n) is 2.05. The Bertz CT molecular complexity index is 349. The van der Waals surface area contributed by atoms with E-state index in [-0.39, 0.29) is 5.38 Å². The molecule has 1 unspecified atom stereocenters. The monoisotopic (exact) mass is 258 g/mol. The van der Waals surface area contributed by atoms with Crippen molar-refractivity contribution in [2.75, 3.05) is 13.2 Å². The summed E-state index contributed by atoms with van der Waals surface area (Å²) in [5.74, 6) is 0. The van der Waals surface area contributed by atoms with Gasteiger partial charge in [-0.2, -0.15) is 5.10 Å². The van der Waals surface area contributed by atoms with Gasteiger partial charge in [0, 0.05) is 31.0 Å². The number of hydrogen-bond acceptors (Lipinski definition) is 2. The molecule has 3 nitrogen and oxygen atoms in total. The van der Waals surface area contributed by atoms with E-state index in [0.717, 1.165) is 38.3 Å². The highest BCUT2D eigenvalue weighted by Gasteiger charge is 2.17. The van der Waals surface area contributed by atoms with Crippen molar-refractivity contribution >= 4 is 11.6 Å². The second-order valence-corrected chi connectivity index (χ2v) is 4.76. The van der Waals surface area contributed by atoms with Crippen LogP contribution in [0.5, 0.6) is 0 Å². The van der Waals surface area contributed by atoms with Gasteiger partial charge in [0.1, 0.15) is 0 Å². The van der Waals surface area contributed by atoms with Crippen molar-refractivity contribution in [2.45, 2.75) is 52.5 Å². The minimum absolute atomic E-state index is 0.0793. The molecule has 0 saturated heterocycles. The first-order chi connectivity index (χ1) is 8.11. The Morgan fingerprint density at radius 2 is 2.06 bits per heavy atom. The number of aryl methyl sites for hydroxylation is 2. The molecule has 1 atom stereocenters. The molecule has 1 aromatic heterocycles. The maximum absolute atomic E-state index is 6.32. The molecule has 0 bridgehead atoms. The molecule has 0 amide bonds. The van der Waals surface area contributed by atoms with E-state index in [1.54, 1.807) is 0 Å². The average molecular weight is 259 g/mol. The van der Waals surface area contributed by atoms with Crippen LogP contribution in [-0.2, 0) is 11.3 Å². The van der Waals surface area contributed by atoms with Crippen molar-refractivity contribution in [3.8, 4) is 0 Å². The van der Waals surface area contributed by atoms with Crippen LogP contribution >= 0.6 is 11.6 Å². The summed E-state index contributed by atoms with van der Waals surface area (Å²) in [7, 11) is 0. The van der Waals surface area contributed by atoms with Gasteiger partial charge < -0.3 is 4.74 Å². The van der Waals surface area contributed by atoms with Crippen LogP contribution in [0.25, 0.3) is 0 Å². The lowest BCUT2D eigenvalue weighted by atomic mass is 10.1. The lowest BCUT2D eigenvalue weighted by Gasteiger charge is -2.08. The van der Waals surface area contributed by atoms with Gasteiger partial charge in [-0.05, 0) is 33.6 Å². The fourth-order valence-corrected chi connectivity index (χ4v) is 2.36. The lowest BCUT2D eigenvalue weighted by molar-refractivity contribution is 0.140. The number of nitrogens with zero attached hydrogens (tertiary/aromatic N) is 2. The van der Waals surface area contributed by atoms with E-state index in [0.29, 0.717) is 0 Å². The van der Waals surface area contributed by atoms with E-state index >= 15 is 0 Å². The molecule has 1 aromatic rings. The molecule has 98 valence electrons. The molecule has 0 radical (unpaired) electrons. The Balaban J connectivity index is 2.68. The van der Waals surface area contributed by atoms with Gasteiger partial charge in [-0.25, -0.2) is 0 Å². The molecule has 0 spiro atoms. The number of rotatable bonds is 7. The molecule has 4 heteroatoms. The van der Waals surface area contributed by atoms with E-state index in [9.17, 15) is 0 Å². The topological polar surface area (TPSA) is 27.1 Å². The molecule has 1 rings (SSSR count). The van der Waals surface area contributed by atoms with Crippen LogP contribution in [0.3, 0.4) is 0 Å². The molecular formula is C13H23ClN2O. The quantitative estimate of drug-likeness (QED) is 0.552. The van der Waals surface area contributed by atoms with Gasteiger partial charge in [0.15, 0.2) is 0 Å². The first-order valence-corrected chi connectivity index (χ1v) is 6.81. The van der Waals surface area contributed by atoms with Crippen molar-refractivity contribution in [2.24, 2.45) is 0 Å². The largest absolute Gasteiger partial charge is 0.382 e. The Morgan fingerprint density at radius 1 is 1.35 bits per heavy atom. The van der Waals surface area contributed by atoms with Crippen molar-refractivity contribution in [1.82, 2.24) is 9.78 Å². The Kier molecular flexibility index (Phi) is 6.00. The smallest absolute Gasteiger partial charge is 0.0643 e. The lowest BCUT2D eigenvalue weighted by Crippen LogP contribution is -2.06. The average Bonchev–Trinajstić information content (AvgIpc) is 2.59. The van der Waals surface area contributed by atoms with Crippen LogP contribution in [0, 0.1) is 13.8 Å². The summed E-state index contributed by atoms with van der Waals surface area (Å²) in [5.41, 5.74) is 3.45. The maximum Gasteiger partial charge on any atom is 0.0643 e. The third kappa shape index (κ3) is 3.71. The molecule has 0 aromatic carbocycles. The Morgan fingerprint density at radius 3 is 2.65 bits per heavy atom. The zero-order valence-electron chi connectivity index (χ0n) is 11.3. The Hall–Kier alpha value is -0.540. The molecular weight excluding hydrogens is 236 g/mol. The third-order valence-electron chi connectivity index (χ3n) is 2.97. The van der Waals surface area contributed by atoms with Gasteiger partial charge in [0.2, 0.25) is 0 Å². The van der Waals surface area contributed by atoms with Gasteiger partial charge in [0.25, 0.3) is 0 Å². The van der Waals surface area contributed by atoms with Crippen molar-refractivity contribution in [1.29, 1.82) is 0 Å². The zero-order chi connectivity index (χ0) is 12.8. The van der Waals surface area contributed by atoms with Crippen LogP contribution in [0.2, 0.25) is 0 Å². The summed E-state index contributed by atoms with van der Waals surface area (Å²) < 4.78 is 7.38. The Labute approximate surface area is 109 Å². The third-order valence-corrected chi connectivity index (χ3v) is 3.50. The van der Waals surface area contributed by atoms with Crippen molar-refractivity contribution in [3.05, 3.63) is 17.0 Å². The molecule has 0 aliphatic heterocycles. The number of alkyl halides is 1. The van der Waals surface area contributed by atoms with Gasteiger partial charge in [-0.15, -0.1) is 11.6 Å². The molecule has 0 saturated carbocycles. The normalized spacial score (nSPS) is 13.0. The van der Waals surface area contributed by atoms with Crippen LogP contribution in [0.15, 0.2) is 0 Å². The van der Waals surface area contributed by atoms with Gasteiger partial charge in [-0.1, -0.05) is 6.92 Å². The number of hydrogen-bond donors (Lipinski definition) is 0. The van der Waals surface area contributed by atoms with Gasteiger partial charge in [-0.3, -0.25) is 4.68 Å². The second kappa shape index (κ2) is 7.02. The summed E-state index contributed by atoms with van der Waals surface area (Å²) in [5, 5.41) is 4.63. The maximum atomic E-state index is 6.32. The summed E-state index contributed by atoms with van der Waals surface area (Å²) in [6, 6.07) is 0. The van der Waals surface area contributed by atoms with Crippen molar-refractivity contribution < 1.29 is 4.74 Å². The van der Waals surface area contributed by atoms with Crippen LogP contribution in [0.4, 0.5) is 0 Å². The van der Waals surface area contributed by atoms with E-state index in [1.807, 2.05) is 13.8 Å². The van der Waals surface area contributed by atoms with Crippen LogP contribution in [0.1, 0.15) is 49.0 Å². The molecule has 0 aliphatic rings. The predicted octanol–water partition coefficient (Wildman–Crippen LogP) is 3.62.